The molecule has 1 aliphatic rings. The maximum Gasteiger partial charge on any atom is 0.272 e. The summed E-state index contributed by atoms with van der Waals surface area (Å²) in [6, 6.07) is 8.64. The van der Waals surface area contributed by atoms with Crippen LogP contribution in [-0.2, 0) is 16.0 Å². The molecule has 108 valence electrons. The second kappa shape index (κ2) is 5.31. The second-order valence-corrected chi connectivity index (χ2v) is 4.87. The van der Waals surface area contributed by atoms with Gasteiger partial charge in [0.15, 0.2) is 0 Å². The standard InChI is InChI=1S/C13H14N6O2/c1-8-11(12(21)19(8)13-15-17-18-16-13)14-10(20)7-9-5-3-2-4-6-9/h2-6,8,11H,7H2,1H3,(H,14,20)(H,15,16,17,18)/t8-,11-/m0/s1. The average molecular weight is 286 g/mol. The number of hydrogen-bond donors (Lipinski definition) is 2. The third-order valence-electron chi connectivity index (χ3n) is 3.47. The van der Waals surface area contributed by atoms with Crippen LogP contribution in [0.15, 0.2) is 30.3 Å². The molecule has 1 aromatic carbocycles. The minimum Gasteiger partial charge on any atom is -0.342 e. The van der Waals surface area contributed by atoms with Crippen molar-refractivity contribution < 1.29 is 9.59 Å². The number of aromatic amines is 1. The second-order valence-electron chi connectivity index (χ2n) is 4.87. The van der Waals surface area contributed by atoms with Gasteiger partial charge in [0.2, 0.25) is 5.91 Å². The Balaban J connectivity index is 1.59. The van der Waals surface area contributed by atoms with E-state index in [4.69, 9.17) is 0 Å². The number of tetrazole rings is 1. The molecule has 0 spiro atoms. The monoisotopic (exact) mass is 286 g/mol. The summed E-state index contributed by atoms with van der Waals surface area (Å²) in [6.45, 7) is 1.82. The fourth-order valence-electron chi connectivity index (χ4n) is 2.35. The predicted octanol–water partition coefficient (Wildman–Crippen LogP) is -0.338. The molecule has 0 radical (unpaired) electrons. The van der Waals surface area contributed by atoms with Gasteiger partial charge in [-0.05, 0) is 17.7 Å². The Morgan fingerprint density at radius 2 is 2.14 bits per heavy atom. The maximum atomic E-state index is 12.0. The van der Waals surface area contributed by atoms with Gasteiger partial charge in [-0.1, -0.05) is 35.4 Å². The first-order valence-corrected chi connectivity index (χ1v) is 6.56. The number of benzene rings is 1. The highest BCUT2D eigenvalue weighted by Gasteiger charge is 2.47. The maximum absolute atomic E-state index is 12.0. The zero-order valence-electron chi connectivity index (χ0n) is 11.4. The Morgan fingerprint density at radius 3 is 2.76 bits per heavy atom. The van der Waals surface area contributed by atoms with Gasteiger partial charge in [0, 0.05) is 0 Å². The van der Waals surface area contributed by atoms with Crippen LogP contribution in [0.5, 0.6) is 0 Å². The van der Waals surface area contributed by atoms with Gasteiger partial charge in [0.1, 0.15) is 6.04 Å². The average Bonchev–Trinajstić information content (AvgIpc) is 3.00. The Bertz CT molecular complexity index is 642. The highest BCUT2D eigenvalue weighted by molar-refractivity contribution is 6.05. The summed E-state index contributed by atoms with van der Waals surface area (Å²) in [5.41, 5.74) is 0.907. The molecule has 2 amide bonds. The SMILES string of the molecule is C[C@H]1[C@H](NC(=O)Cc2ccccc2)C(=O)N1c1nn[nH]n1. The molecule has 3 rings (SSSR count). The van der Waals surface area contributed by atoms with Crippen LogP contribution in [0.1, 0.15) is 12.5 Å². The molecule has 0 aliphatic carbocycles. The molecule has 1 aliphatic heterocycles. The predicted molar refractivity (Wildman–Crippen MR) is 73.2 cm³/mol. The van der Waals surface area contributed by atoms with Gasteiger partial charge in [-0.25, -0.2) is 0 Å². The summed E-state index contributed by atoms with van der Waals surface area (Å²) in [4.78, 5) is 25.4. The number of carbonyl (C=O) groups excluding carboxylic acids is 2. The highest BCUT2D eigenvalue weighted by Crippen LogP contribution is 2.23. The molecular weight excluding hydrogens is 272 g/mol. The molecule has 8 nitrogen and oxygen atoms in total. The van der Waals surface area contributed by atoms with Crippen molar-refractivity contribution >= 4 is 17.8 Å². The lowest BCUT2D eigenvalue weighted by molar-refractivity contribution is -0.132. The third-order valence-corrected chi connectivity index (χ3v) is 3.47. The van der Waals surface area contributed by atoms with Crippen molar-refractivity contribution in [2.75, 3.05) is 4.90 Å². The van der Waals surface area contributed by atoms with E-state index in [9.17, 15) is 9.59 Å². The lowest BCUT2D eigenvalue weighted by Gasteiger charge is -2.42. The molecule has 2 N–H and O–H groups in total. The zero-order valence-corrected chi connectivity index (χ0v) is 11.4. The fraction of sp³-hybridized carbons (Fsp3) is 0.308. The molecule has 1 aromatic heterocycles. The van der Waals surface area contributed by atoms with Crippen LogP contribution < -0.4 is 10.2 Å². The zero-order chi connectivity index (χ0) is 14.8. The topological polar surface area (TPSA) is 104 Å². The van der Waals surface area contributed by atoms with Crippen LogP contribution in [0.4, 0.5) is 5.95 Å². The molecule has 0 bridgehead atoms. The van der Waals surface area contributed by atoms with E-state index in [1.54, 1.807) is 0 Å². The Morgan fingerprint density at radius 1 is 1.38 bits per heavy atom. The van der Waals surface area contributed by atoms with Gasteiger partial charge in [-0.15, -0.1) is 5.10 Å². The van der Waals surface area contributed by atoms with E-state index in [0.717, 1.165) is 5.56 Å². The summed E-state index contributed by atoms with van der Waals surface area (Å²) in [5.74, 6) is -0.189. The van der Waals surface area contributed by atoms with Crippen molar-refractivity contribution in [3.63, 3.8) is 0 Å². The summed E-state index contributed by atoms with van der Waals surface area (Å²) in [7, 11) is 0. The number of nitrogens with one attached hydrogen (secondary N) is 2. The molecule has 2 heterocycles. The van der Waals surface area contributed by atoms with Gasteiger partial charge in [0.05, 0.1) is 12.5 Å². The van der Waals surface area contributed by atoms with E-state index in [1.165, 1.54) is 4.90 Å². The first kappa shape index (κ1) is 13.2. The van der Waals surface area contributed by atoms with Crippen LogP contribution in [0, 0.1) is 0 Å². The molecule has 0 saturated carbocycles. The van der Waals surface area contributed by atoms with Gasteiger partial charge >= 0.3 is 0 Å². The summed E-state index contributed by atoms with van der Waals surface area (Å²) in [6.07, 6.45) is 0.250. The van der Waals surface area contributed by atoms with Crippen molar-refractivity contribution in [2.45, 2.75) is 25.4 Å². The normalized spacial score (nSPS) is 21.0. The van der Waals surface area contributed by atoms with E-state index < -0.39 is 6.04 Å². The number of nitrogens with zero attached hydrogens (tertiary/aromatic N) is 4. The number of aromatic nitrogens is 4. The Kier molecular flexibility index (Phi) is 3.35. The molecule has 21 heavy (non-hydrogen) atoms. The quantitative estimate of drug-likeness (QED) is 0.748. The smallest absolute Gasteiger partial charge is 0.272 e. The first-order valence-electron chi connectivity index (χ1n) is 6.56. The van der Waals surface area contributed by atoms with E-state index in [2.05, 4.69) is 25.9 Å². The Hall–Kier alpha value is -2.77. The molecule has 1 fully saturated rings. The van der Waals surface area contributed by atoms with Crippen molar-refractivity contribution in [2.24, 2.45) is 0 Å². The van der Waals surface area contributed by atoms with E-state index in [-0.39, 0.29) is 30.2 Å². The molecule has 8 heteroatoms. The molecule has 2 atom stereocenters. The largest absolute Gasteiger partial charge is 0.342 e. The summed E-state index contributed by atoms with van der Waals surface area (Å²) in [5, 5.41) is 16.0. The Labute approximate surface area is 120 Å². The number of hydrogen-bond acceptors (Lipinski definition) is 5. The van der Waals surface area contributed by atoms with Crippen molar-refractivity contribution in [1.82, 2.24) is 25.9 Å². The van der Waals surface area contributed by atoms with Crippen LogP contribution >= 0.6 is 0 Å². The number of anilines is 1. The lowest BCUT2D eigenvalue weighted by Crippen LogP contribution is -2.70. The van der Waals surface area contributed by atoms with Gasteiger partial charge < -0.3 is 5.32 Å². The van der Waals surface area contributed by atoms with Crippen molar-refractivity contribution in [3.8, 4) is 0 Å². The number of amides is 2. The fourth-order valence-corrected chi connectivity index (χ4v) is 2.35. The molecular formula is C13H14N6O2. The first-order chi connectivity index (χ1) is 10.2. The van der Waals surface area contributed by atoms with E-state index in [0.29, 0.717) is 0 Å². The third kappa shape index (κ3) is 2.47. The van der Waals surface area contributed by atoms with Crippen molar-refractivity contribution in [1.29, 1.82) is 0 Å². The van der Waals surface area contributed by atoms with E-state index >= 15 is 0 Å². The molecule has 2 aromatic rings. The number of rotatable bonds is 4. The van der Waals surface area contributed by atoms with Gasteiger partial charge in [0.25, 0.3) is 11.9 Å². The van der Waals surface area contributed by atoms with E-state index in [1.807, 2.05) is 37.3 Å². The van der Waals surface area contributed by atoms with Gasteiger partial charge in [-0.2, -0.15) is 5.21 Å². The van der Waals surface area contributed by atoms with Gasteiger partial charge in [-0.3, -0.25) is 14.5 Å². The molecule has 1 saturated heterocycles. The van der Waals surface area contributed by atoms with Crippen LogP contribution in [0.3, 0.4) is 0 Å². The summed E-state index contributed by atoms with van der Waals surface area (Å²) < 4.78 is 0. The van der Waals surface area contributed by atoms with Crippen LogP contribution in [0.2, 0.25) is 0 Å². The highest BCUT2D eigenvalue weighted by atomic mass is 16.2. The van der Waals surface area contributed by atoms with Crippen LogP contribution in [0.25, 0.3) is 0 Å². The number of β-lactam (4-membered cyclic amide) rings is 1. The molecule has 0 unspecified atom stereocenters. The van der Waals surface area contributed by atoms with Crippen molar-refractivity contribution in [3.05, 3.63) is 35.9 Å². The number of H-pyrrole nitrogens is 1. The minimum absolute atomic E-state index is 0.181. The summed E-state index contributed by atoms with van der Waals surface area (Å²) >= 11 is 0. The lowest BCUT2D eigenvalue weighted by atomic mass is 9.97. The minimum atomic E-state index is -0.542. The number of carbonyl (C=O) groups is 2. The van der Waals surface area contributed by atoms with Crippen LogP contribution in [-0.4, -0.2) is 44.5 Å².